The van der Waals surface area contributed by atoms with Crippen LogP contribution in [0, 0.1) is 12.3 Å². The van der Waals surface area contributed by atoms with E-state index in [9.17, 15) is 0 Å². The van der Waals surface area contributed by atoms with Gasteiger partial charge in [0.25, 0.3) is 0 Å². The van der Waals surface area contributed by atoms with Gasteiger partial charge in [0.15, 0.2) is 0 Å². The second-order valence-corrected chi connectivity index (χ2v) is 4.97. The van der Waals surface area contributed by atoms with E-state index in [0.717, 1.165) is 29.9 Å². The molecule has 0 bridgehead atoms. The Kier molecular flexibility index (Phi) is 2.07. The van der Waals surface area contributed by atoms with Crippen molar-refractivity contribution < 1.29 is 0 Å². The fourth-order valence-corrected chi connectivity index (χ4v) is 2.21. The van der Waals surface area contributed by atoms with Crippen molar-refractivity contribution >= 4 is 0 Å². The second kappa shape index (κ2) is 3.02. The van der Waals surface area contributed by atoms with Gasteiger partial charge in [-0.1, -0.05) is 13.8 Å². The van der Waals surface area contributed by atoms with Gasteiger partial charge in [-0.3, -0.25) is 0 Å². The maximum Gasteiger partial charge on any atom is 0.125 e. The molecule has 1 atom stereocenters. The molecule has 0 aliphatic heterocycles. The van der Waals surface area contributed by atoms with Crippen molar-refractivity contribution in [1.29, 1.82) is 0 Å². The minimum atomic E-state index is 0.106. The summed E-state index contributed by atoms with van der Waals surface area (Å²) in [4.78, 5) is 8.67. The number of nitrogens with two attached hydrogens (primary N) is 1. The molecule has 3 nitrogen and oxygen atoms in total. The molecule has 76 valence electrons. The van der Waals surface area contributed by atoms with Crippen LogP contribution in [-0.2, 0) is 6.42 Å². The minimum absolute atomic E-state index is 0.106. The SMILES string of the molecule is Cc1ncc2c(n1)CC(C)(C)CC2N. The van der Waals surface area contributed by atoms with E-state index in [-0.39, 0.29) is 11.5 Å². The summed E-state index contributed by atoms with van der Waals surface area (Å²) >= 11 is 0. The van der Waals surface area contributed by atoms with Crippen LogP contribution < -0.4 is 5.73 Å². The molecule has 1 heterocycles. The van der Waals surface area contributed by atoms with Crippen LogP contribution in [0.2, 0.25) is 0 Å². The van der Waals surface area contributed by atoms with E-state index >= 15 is 0 Å². The van der Waals surface area contributed by atoms with E-state index in [0.29, 0.717) is 0 Å². The normalized spacial score (nSPS) is 24.4. The van der Waals surface area contributed by atoms with Crippen LogP contribution >= 0.6 is 0 Å². The van der Waals surface area contributed by atoms with E-state index in [1.54, 1.807) is 0 Å². The fourth-order valence-electron chi connectivity index (χ4n) is 2.21. The number of hydrogen-bond donors (Lipinski definition) is 1. The van der Waals surface area contributed by atoms with Crippen molar-refractivity contribution in [1.82, 2.24) is 9.97 Å². The largest absolute Gasteiger partial charge is 0.324 e. The zero-order chi connectivity index (χ0) is 10.3. The van der Waals surface area contributed by atoms with Crippen LogP contribution in [0.25, 0.3) is 0 Å². The van der Waals surface area contributed by atoms with Crippen LogP contribution in [0.1, 0.15) is 43.4 Å². The summed E-state index contributed by atoms with van der Waals surface area (Å²) in [5.41, 5.74) is 8.64. The van der Waals surface area contributed by atoms with E-state index in [2.05, 4.69) is 23.8 Å². The van der Waals surface area contributed by atoms with Crippen LogP contribution in [-0.4, -0.2) is 9.97 Å². The first-order chi connectivity index (χ1) is 6.48. The third-order valence-corrected chi connectivity index (χ3v) is 2.84. The molecular formula is C11H17N3. The first kappa shape index (κ1) is 9.59. The Hall–Kier alpha value is -0.960. The smallest absolute Gasteiger partial charge is 0.125 e. The Morgan fingerprint density at radius 2 is 2.21 bits per heavy atom. The molecule has 14 heavy (non-hydrogen) atoms. The van der Waals surface area contributed by atoms with Gasteiger partial charge in [0.2, 0.25) is 0 Å². The van der Waals surface area contributed by atoms with E-state index < -0.39 is 0 Å². The predicted octanol–water partition coefficient (Wildman–Crippen LogP) is 1.76. The molecule has 0 aromatic carbocycles. The van der Waals surface area contributed by atoms with Gasteiger partial charge in [-0.2, -0.15) is 0 Å². The molecular weight excluding hydrogens is 174 g/mol. The molecule has 1 aromatic rings. The Balaban J connectivity index is 2.46. The summed E-state index contributed by atoms with van der Waals surface area (Å²) in [6.45, 7) is 6.41. The highest BCUT2D eigenvalue weighted by atomic mass is 14.9. The molecule has 1 aromatic heterocycles. The number of aryl methyl sites for hydroxylation is 1. The highest BCUT2D eigenvalue weighted by Gasteiger charge is 2.31. The number of nitrogens with zero attached hydrogens (tertiary/aromatic N) is 2. The van der Waals surface area contributed by atoms with E-state index in [4.69, 9.17) is 5.73 Å². The molecule has 0 spiro atoms. The Morgan fingerprint density at radius 3 is 2.93 bits per heavy atom. The molecule has 0 saturated carbocycles. The van der Waals surface area contributed by atoms with E-state index in [1.807, 2.05) is 13.1 Å². The summed E-state index contributed by atoms with van der Waals surface area (Å²) in [5.74, 6) is 0.841. The summed E-state index contributed by atoms with van der Waals surface area (Å²) in [6.07, 6.45) is 3.92. The van der Waals surface area contributed by atoms with Gasteiger partial charge in [0.1, 0.15) is 5.82 Å². The molecule has 0 amide bonds. The third kappa shape index (κ3) is 1.64. The zero-order valence-electron chi connectivity index (χ0n) is 9.04. The molecule has 3 heteroatoms. The highest BCUT2D eigenvalue weighted by molar-refractivity contribution is 5.26. The lowest BCUT2D eigenvalue weighted by molar-refractivity contribution is 0.277. The van der Waals surface area contributed by atoms with Gasteiger partial charge in [-0.15, -0.1) is 0 Å². The molecule has 1 unspecified atom stereocenters. The topological polar surface area (TPSA) is 51.8 Å². The second-order valence-electron chi connectivity index (χ2n) is 4.97. The summed E-state index contributed by atoms with van der Waals surface area (Å²) < 4.78 is 0. The van der Waals surface area contributed by atoms with Gasteiger partial charge < -0.3 is 5.73 Å². The van der Waals surface area contributed by atoms with Gasteiger partial charge in [-0.05, 0) is 25.2 Å². The first-order valence-corrected chi connectivity index (χ1v) is 5.06. The molecule has 2 rings (SSSR count). The average Bonchev–Trinajstić information content (AvgIpc) is 2.00. The minimum Gasteiger partial charge on any atom is -0.324 e. The molecule has 1 aliphatic rings. The molecule has 0 fully saturated rings. The van der Waals surface area contributed by atoms with Gasteiger partial charge >= 0.3 is 0 Å². The Morgan fingerprint density at radius 1 is 1.50 bits per heavy atom. The van der Waals surface area contributed by atoms with Crippen molar-refractivity contribution in [2.24, 2.45) is 11.1 Å². The molecule has 2 N–H and O–H groups in total. The number of aromatic nitrogens is 2. The van der Waals surface area contributed by atoms with Crippen molar-refractivity contribution in [3.63, 3.8) is 0 Å². The lowest BCUT2D eigenvalue weighted by Crippen LogP contribution is -2.30. The maximum absolute atomic E-state index is 6.09. The lowest BCUT2D eigenvalue weighted by atomic mass is 9.74. The van der Waals surface area contributed by atoms with E-state index in [1.165, 1.54) is 0 Å². The fraction of sp³-hybridized carbons (Fsp3) is 0.636. The van der Waals surface area contributed by atoms with Crippen molar-refractivity contribution in [2.45, 2.75) is 39.7 Å². The summed E-state index contributed by atoms with van der Waals surface area (Å²) in [5, 5.41) is 0. The third-order valence-electron chi connectivity index (χ3n) is 2.84. The number of hydrogen-bond acceptors (Lipinski definition) is 3. The summed E-state index contributed by atoms with van der Waals surface area (Å²) in [6, 6.07) is 0.106. The molecule has 0 radical (unpaired) electrons. The standard InChI is InChI=1S/C11H17N3/c1-7-13-6-8-9(12)4-11(2,3)5-10(8)14-7/h6,9H,4-5,12H2,1-3H3. The highest BCUT2D eigenvalue weighted by Crippen LogP contribution is 2.38. The van der Waals surface area contributed by atoms with Gasteiger partial charge in [0, 0.05) is 23.5 Å². The van der Waals surface area contributed by atoms with Crippen LogP contribution in [0.5, 0.6) is 0 Å². The van der Waals surface area contributed by atoms with Crippen molar-refractivity contribution in [2.75, 3.05) is 0 Å². The van der Waals surface area contributed by atoms with Crippen LogP contribution in [0.3, 0.4) is 0 Å². The average molecular weight is 191 g/mol. The predicted molar refractivity (Wildman–Crippen MR) is 55.8 cm³/mol. The monoisotopic (exact) mass is 191 g/mol. The van der Waals surface area contributed by atoms with Gasteiger partial charge in [-0.25, -0.2) is 9.97 Å². The quantitative estimate of drug-likeness (QED) is 0.679. The van der Waals surface area contributed by atoms with Crippen molar-refractivity contribution in [3.05, 3.63) is 23.3 Å². The first-order valence-electron chi connectivity index (χ1n) is 5.06. The maximum atomic E-state index is 6.09. The molecule has 0 saturated heterocycles. The Bertz CT molecular complexity index is 358. The summed E-state index contributed by atoms with van der Waals surface area (Å²) in [7, 11) is 0. The van der Waals surface area contributed by atoms with Crippen LogP contribution in [0.4, 0.5) is 0 Å². The number of fused-ring (bicyclic) bond motifs is 1. The number of rotatable bonds is 0. The van der Waals surface area contributed by atoms with Crippen molar-refractivity contribution in [3.8, 4) is 0 Å². The van der Waals surface area contributed by atoms with Crippen LogP contribution in [0.15, 0.2) is 6.20 Å². The lowest BCUT2D eigenvalue weighted by Gasteiger charge is -2.34. The Labute approximate surface area is 84.8 Å². The zero-order valence-corrected chi connectivity index (χ0v) is 9.04. The van der Waals surface area contributed by atoms with Gasteiger partial charge in [0.05, 0.1) is 0 Å². The molecule has 1 aliphatic carbocycles.